The van der Waals surface area contributed by atoms with Crippen LogP contribution in [0.5, 0.6) is 0 Å². The maximum atomic E-state index is 12.3. The van der Waals surface area contributed by atoms with Crippen LogP contribution in [0.3, 0.4) is 0 Å². The Morgan fingerprint density at radius 3 is 2.50 bits per heavy atom. The van der Waals surface area contributed by atoms with E-state index < -0.39 is 0 Å². The minimum Gasteiger partial charge on any atom is -0.370 e. The quantitative estimate of drug-likeness (QED) is 0.760. The van der Waals surface area contributed by atoms with Crippen LogP contribution in [0.25, 0.3) is 0 Å². The van der Waals surface area contributed by atoms with E-state index in [0.717, 1.165) is 18.4 Å². The predicted octanol–water partition coefficient (Wildman–Crippen LogP) is 3.49. The molecule has 18 heavy (non-hydrogen) atoms. The summed E-state index contributed by atoms with van der Waals surface area (Å²) in [6.07, 6.45) is 1.81. The van der Waals surface area contributed by atoms with Crippen molar-refractivity contribution < 1.29 is 9.53 Å². The van der Waals surface area contributed by atoms with E-state index in [1.807, 2.05) is 12.1 Å². The van der Waals surface area contributed by atoms with Crippen molar-refractivity contribution in [1.29, 1.82) is 0 Å². The topological polar surface area (TPSA) is 26.3 Å². The van der Waals surface area contributed by atoms with Crippen molar-refractivity contribution in [2.75, 3.05) is 6.61 Å². The van der Waals surface area contributed by atoms with Crippen LogP contribution >= 0.6 is 0 Å². The molecule has 1 fully saturated rings. The van der Waals surface area contributed by atoms with Crippen molar-refractivity contribution in [3.8, 4) is 0 Å². The van der Waals surface area contributed by atoms with Crippen LogP contribution in [-0.4, -0.2) is 18.5 Å². The maximum absolute atomic E-state index is 12.3. The lowest BCUT2D eigenvalue weighted by molar-refractivity contribution is 0.0579. The Balaban J connectivity index is 2.07. The third-order valence-corrected chi connectivity index (χ3v) is 3.53. The second kappa shape index (κ2) is 5.66. The lowest BCUT2D eigenvalue weighted by Crippen LogP contribution is -2.25. The molecule has 0 aliphatic carbocycles. The van der Waals surface area contributed by atoms with E-state index in [1.54, 1.807) is 0 Å². The number of Topliss-reactive ketones (excluding diaryl/α,β-unsaturated/α-hetero) is 1. The standard InChI is InChI=1S/C16H22O2/c1-11(2)10-13-4-6-14(7-5-13)15(17)16-12(3)8-9-18-16/h4-7,11-12,16H,8-10H2,1-3H3. The van der Waals surface area contributed by atoms with Crippen LogP contribution in [-0.2, 0) is 11.2 Å². The van der Waals surface area contributed by atoms with Crippen LogP contribution in [0.2, 0.25) is 0 Å². The summed E-state index contributed by atoms with van der Waals surface area (Å²) in [7, 11) is 0. The smallest absolute Gasteiger partial charge is 0.191 e. The molecule has 0 N–H and O–H groups in total. The Morgan fingerprint density at radius 2 is 2.00 bits per heavy atom. The average Bonchev–Trinajstić information content (AvgIpc) is 2.75. The summed E-state index contributed by atoms with van der Waals surface area (Å²) in [6.45, 7) is 7.20. The Bertz CT molecular complexity index is 406. The normalized spacial score (nSPS) is 23.6. The summed E-state index contributed by atoms with van der Waals surface area (Å²) >= 11 is 0. The third kappa shape index (κ3) is 2.99. The lowest BCUT2D eigenvalue weighted by Gasteiger charge is -2.13. The van der Waals surface area contributed by atoms with E-state index in [2.05, 4.69) is 32.9 Å². The Kier molecular flexibility index (Phi) is 4.18. The summed E-state index contributed by atoms with van der Waals surface area (Å²) in [5.74, 6) is 1.12. The maximum Gasteiger partial charge on any atom is 0.191 e. The molecular weight excluding hydrogens is 224 g/mol. The van der Waals surface area contributed by atoms with E-state index >= 15 is 0 Å². The van der Waals surface area contributed by atoms with E-state index in [4.69, 9.17) is 4.74 Å². The molecule has 0 aromatic heterocycles. The SMILES string of the molecule is CC(C)Cc1ccc(C(=O)C2OCCC2C)cc1. The molecule has 2 atom stereocenters. The first-order chi connectivity index (χ1) is 8.58. The zero-order valence-corrected chi connectivity index (χ0v) is 11.5. The fourth-order valence-electron chi connectivity index (χ4n) is 2.47. The number of hydrogen-bond acceptors (Lipinski definition) is 2. The number of ether oxygens (including phenoxy) is 1. The Labute approximate surface area is 109 Å². The molecule has 1 aromatic rings. The third-order valence-electron chi connectivity index (χ3n) is 3.53. The number of carbonyl (C=O) groups is 1. The van der Waals surface area contributed by atoms with Gasteiger partial charge >= 0.3 is 0 Å². The molecule has 98 valence electrons. The summed E-state index contributed by atoms with van der Waals surface area (Å²) in [5, 5.41) is 0. The highest BCUT2D eigenvalue weighted by Crippen LogP contribution is 2.23. The highest BCUT2D eigenvalue weighted by atomic mass is 16.5. The van der Waals surface area contributed by atoms with Gasteiger partial charge in [-0.1, -0.05) is 45.0 Å². The zero-order valence-electron chi connectivity index (χ0n) is 11.5. The fraction of sp³-hybridized carbons (Fsp3) is 0.562. The molecule has 2 heteroatoms. The van der Waals surface area contributed by atoms with Gasteiger partial charge in [-0.2, -0.15) is 0 Å². The number of ketones is 1. The first-order valence-electron chi connectivity index (χ1n) is 6.82. The molecule has 0 amide bonds. The molecular formula is C16H22O2. The van der Waals surface area contributed by atoms with Crippen molar-refractivity contribution in [3.05, 3.63) is 35.4 Å². The molecule has 0 radical (unpaired) electrons. The van der Waals surface area contributed by atoms with Crippen LogP contribution in [0.4, 0.5) is 0 Å². The van der Waals surface area contributed by atoms with Gasteiger partial charge in [0.15, 0.2) is 5.78 Å². The molecule has 2 rings (SSSR count). The molecule has 2 nitrogen and oxygen atoms in total. The van der Waals surface area contributed by atoms with Gasteiger partial charge in [-0.25, -0.2) is 0 Å². The Hall–Kier alpha value is -1.15. The highest BCUT2D eigenvalue weighted by molar-refractivity contribution is 5.99. The summed E-state index contributed by atoms with van der Waals surface area (Å²) in [6, 6.07) is 8.00. The second-order valence-corrected chi connectivity index (χ2v) is 5.72. The van der Waals surface area contributed by atoms with Crippen LogP contribution in [0, 0.1) is 11.8 Å². The molecule has 1 aliphatic rings. The molecule has 1 heterocycles. The highest BCUT2D eigenvalue weighted by Gasteiger charge is 2.31. The molecule has 0 bridgehead atoms. The van der Waals surface area contributed by atoms with Crippen LogP contribution in [0.15, 0.2) is 24.3 Å². The monoisotopic (exact) mass is 246 g/mol. The largest absolute Gasteiger partial charge is 0.370 e. The molecule has 0 saturated carbocycles. The van der Waals surface area contributed by atoms with Gasteiger partial charge in [0.05, 0.1) is 0 Å². The van der Waals surface area contributed by atoms with Gasteiger partial charge in [-0.05, 0) is 30.2 Å². The zero-order chi connectivity index (χ0) is 13.1. The van der Waals surface area contributed by atoms with Gasteiger partial charge in [-0.3, -0.25) is 4.79 Å². The van der Waals surface area contributed by atoms with Crippen molar-refractivity contribution in [2.45, 2.75) is 39.7 Å². The van der Waals surface area contributed by atoms with Crippen LogP contribution in [0.1, 0.15) is 43.1 Å². The first-order valence-corrected chi connectivity index (χ1v) is 6.82. The van der Waals surface area contributed by atoms with E-state index in [9.17, 15) is 4.79 Å². The molecule has 1 aromatic carbocycles. The molecule has 1 saturated heterocycles. The fourth-order valence-corrected chi connectivity index (χ4v) is 2.47. The van der Waals surface area contributed by atoms with Crippen molar-refractivity contribution in [1.82, 2.24) is 0 Å². The van der Waals surface area contributed by atoms with E-state index in [-0.39, 0.29) is 11.9 Å². The molecule has 1 aliphatic heterocycles. The summed E-state index contributed by atoms with van der Waals surface area (Å²) < 4.78 is 5.53. The minimum absolute atomic E-state index is 0.135. The van der Waals surface area contributed by atoms with Crippen molar-refractivity contribution in [2.24, 2.45) is 11.8 Å². The predicted molar refractivity (Wildman–Crippen MR) is 72.8 cm³/mol. The van der Waals surface area contributed by atoms with Gasteiger partial charge in [-0.15, -0.1) is 0 Å². The molecule has 0 spiro atoms. The number of benzene rings is 1. The van der Waals surface area contributed by atoms with E-state index in [0.29, 0.717) is 18.4 Å². The molecule has 2 unspecified atom stereocenters. The summed E-state index contributed by atoms with van der Waals surface area (Å²) in [5.41, 5.74) is 2.07. The van der Waals surface area contributed by atoms with Gasteiger partial charge in [0.1, 0.15) is 6.10 Å². The first kappa shape index (κ1) is 13.3. The van der Waals surface area contributed by atoms with Crippen LogP contribution < -0.4 is 0 Å². The second-order valence-electron chi connectivity index (χ2n) is 5.72. The van der Waals surface area contributed by atoms with Gasteiger partial charge in [0, 0.05) is 12.2 Å². The van der Waals surface area contributed by atoms with Gasteiger partial charge < -0.3 is 4.74 Å². The van der Waals surface area contributed by atoms with E-state index in [1.165, 1.54) is 5.56 Å². The average molecular weight is 246 g/mol. The minimum atomic E-state index is -0.235. The number of hydrogen-bond donors (Lipinski definition) is 0. The lowest BCUT2D eigenvalue weighted by atomic mass is 9.94. The van der Waals surface area contributed by atoms with Gasteiger partial charge in [0.2, 0.25) is 0 Å². The van der Waals surface area contributed by atoms with Crippen molar-refractivity contribution in [3.63, 3.8) is 0 Å². The number of carbonyl (C=O) groups excluding carboxylic acids is 1. The number of rotatable bonds is 4. The summed E-state index contributed by atoms with van der Waals surface area (Å²) in [4.78, 5) is 12.3. The Morgan fingerprint density at radius 1 is 1.33 bits per heavy atom. The van der Waals surface area contributed by atoms with Gasteiger partial charge in [0.25, 0.3) is 0 Å². The van der Waals surface area contributed by atoms with Crippen molar-refractivity contribution >= 4 is 5.78 Å².